The summed E-state index contributed by atoms with van der Waals surface area (Å²) in [5.41, 5.74) is 2.13. The van der Waals surface area contributed by atoms with E-state index < -0.39 is 0 Å². The summed E-state index contributed by atoms with van der Waals surface area (Å²) >= 11 is 0. The third-order valence-electron chi connectivity index (χ3n) is 5.92. The molecule has 4 rings (SSSR count). The van der Waals surface area contributed by atoms with E-state index in [-0.39, 0.29) is 11.9 Å². The van der Waals surface area contributed by atoms with E-state index in [0.29, 0.717) is 13.0 Å². The van der Waals surface area contributed by atoms with Gasteiger partial charge in [-0.25, -0.2) is 0 Å². The van der Waals surface area contributed by atoms with Crippen LogP contribution in [0.4, 0.5) is 5.69 Å². The molecule has 1 aromatic carbocycles. The Morgan fingerprint density at radius 3 is 2.53 bits per heavy atom. The van der Waals surface area contributed by atoms with Gasteiger partial charge in [-0.1, -0.05) is 12.1 Å². The van der Waals surface area contributed by atoms with Gasteiger partial charge in [-0.3, -0.25) is 14.7 Å². The number of amides is 1. The number of aliphatic imine (C=N–C) groups is 1. The molecule has 2 aliphatic rings. The maximum Gasteiger partial charge on any atom is 0.227 e. The van der Waals surface area contributed by atoms with Crippen molar-refractivity contribution >= 4 is 17.6 Å². The van der Waals surface area contributed by atoms with E-state index in [4.69, 9.17) is 4.42 Å². The normalized spacial score (nSPS) is 18.8. The Hall–Kier alpha value is -2.80. The second-order valence-corrected chi connectivity index (χ2v) is 7.90. The standard InChI is InChI=1S/C23H31N5O2/c1-24-23(26-17-20(21-6-5-15-30-21)27-12-2-3-13-27)25-16-18-8-10-19(11-9-18)28-14-4-7-22(28)29/h5-6,8-11,15,20H,2-4,7,12-14,16-17H2,1H3,(H2,24,25,26). The Morgan fingerprint density at radius 1 is 1.10 bits per heavy atom. The fourth-order valence-electron chi connectivity index (χ4n) is 4.26. The maximum atomic E-state index is 11.9. The Morgan fingerprint density at radius 2 is 1.90 bits per heavy atom. The SMILES string of the molecule is CN=C(NCc1ccc(N2CCCC2=O)cc1)NCC(c1ccco1)N1CCCC1. The number of nitrogens with one attached hydrogen (secondary N) is 2. The Balaban J connectivity index is 1.30. The molecule has 0 radical (unpaired) electrons. The summed E-state index contributed by atoms with van der Waals surface area (Å²) in [5, 5.41) is 6.84. The number of furan rings is 1. The van der Waals surface area contributed by atoms with Crippen LogP contribution in [0.3, 0.4) is 0 Å². The van der Waals surface area contributed by atoms with Crippen molar-refractivity contribution in [1.82, 2.24) is 15.5 Å². The van der Waals surface area contributed by atoms with Crippen molar-refractivity contribution in [3.05, 3.63) is 54.0 Å². The van der Waals surface area contributed by atoms with E-state index >= 15 is 0 Å². The van der Waals surface area contributed by atoms with Gasteiger partial charge in [0.05, 0.1) is 12.3 Å². The van der Waals surface area contributed by atoms with Crippen LogP contribution in [-0.2, 0) is 11.3 Å². The van der Waals surface area contributed by atoms with Gasteiger partial charge in [0.15, 0.2) is 5.96 Å². The lowest BCUT2D eigenvalue weighted by Gasteiger charge is -2.26. The second-order valence-electron chi connectivity index (χ2n) is 7.90. The number of carbonyl (C=O) groups excluding carboxylic acids is 1. The number of benzene rings is 1. The number of hydrogen-bond acceptors (Lipinski definition) is 4. The van der Waals surface area contributed by atoms with Crippen molar-refractivity contribution in [2.75, 3.05) is 38.1 Å². The van der Waals surface area contributed by atoms with Crippen LogP contribution in [0.1, 0.15) is 43.0 Å². The van der Waals surface area contributed by atoms with Crippen molar-refractivity contribution in [3.8, 4) is 0 Å². The molecule has 7 heteroatoms. The monoisotopic (exact) mass is 409 g/mol. The van der Waals surface area contributed by atoms with Crippen LogP contribution >= 0.6 is 0 Å². The van der Waals surface area contributed by atoms with Gasteiger partial charge in [-0.2, -0.15) is 0 Å². The molecule has 2 fully saturated rings. The summed E-state index contributed by atoms with van der Waals surface area (Å²) in [5.74, 6) is 1.98. The molecule has 2 aliphatic heterocycles. The molecule has 1 unspecified atom stereocenters. The van der Waals surface area contributed by atoms with E-state index in [9.17, 15) is 4.79 Å². The van der Waals surface area contributed by atoms with Crippen LogP contribution in [0.5, 0.6) is 0 Å². The Kier molecular flexibility index (Phi) is 6.69. The number of nitrogens with zero attached hydrogens (tertiary/aromatic N) is 3. The second kappa shape index (κ2) is 9.80. The zero-order chi connectivity index (χ0) is 20.8. The van der Waals surface area contributed by atoms with Gasteiger partial charge in [0.2, 0.25) is 5.91 Å². The molecule has 7 nitrogen and oxygen atoms in total. The molecule has 1 atom stereocenters. The molecular formula is C23H31N5O2. The topological polar surface area (TPSA) is 73.1 Å². The van der Waals surface area contributed by atoms with E-state index in [1.54, 1.807) is 13.3 Å². The van der Waals surface area contributed by atoms with Gasteiger partial charge in [-0.05, 0) is 62.2 Å². The Bertz CT molecular complexity index is 841. The zero-order valence-electron chi connectivity index (χ0n) is 17.6. The fourth-order valence-corrected chi connectivity index (χ4v) is 4.26. The molecule has 2 N–H and O–H groups in total. The van der Waals surface area contributed by atoms with Crippen molar-refractivity contribution in [2.24, 2.45) is 4.99 Å². The lowest BCUT2D eigenvalue weighted by molar-refractivity contribution is -0.117. The van der Waals surface area contributed by atoms with Crippen molar-refractivity contribution in [3.63, 3.8) is 0 Å². The van der Waals surface area contributed by atoms with Gasteiger partial charge in [0.1, 0.15) is 5.76 Å². The van der Waals surface area contributed by atoms with E-state index in [1.165, 1.54) is 12.8 Å². The number of carbonyl (C=O) groups is 1. The minimum absolute atomic E-state index is 0.207. The molecule has 3 heterocycles. The molecule has 30 heavy (non-hydrogen) atoms. The summed E-state index contributed by atoms with van der Waals surface area (Å²) in [7, 11) is 1.79. The van der Waals surface area contributed by atoms with Crippen molar-refractivity contribution < 1.29 is 9.21 Å². The highest BCUT2D eigenvalue weighted by Crippen LogP contribution is 2.25. The van der Waals surface area contributed by atoms with Crippen LogP contribution in [0.15, 0.2) is 52.1 Å². The third-order valence-corrected chi connectivity index (χ3v) is 5.92. The molecule has 0 bridgehead atoms. The summed E-state index contributed by atoms with van der Waals surface area (Å²) < 4.78 is 5.69. The number of hydrogen-bond donors (Lipinski definition) is 2. The molecule has 0 saturated carbocycles. The van der Waals surface area contributed by atoms with E-state index in [0.717, 1.165) is 55.6 Å². The van der Waals surface area contributed by atoms with Crippen molar-refractivity contribution in [2.45, 2.75) is 38.3 Å². The van der Waals surface area contributed by atoms with Gasteiger partial charge >= 0.3 is 0 Å². The third kappa shape index (κ3) is 4.84. The fraction of sp³-hybridized carbons (Fsp3) is 0.478. The highest BCUT2D eigenvalue weighted by molar-refractivity contribution is 5.95. The lowest BCUT2D eigenvalue weighted by atomic mass is 10.2. The van der Waals surface area contributed by atoms with Crippen LogP contribution in [0.25, 0.3) is 0 Å². The first-order chi connectivity index (χ1) is 14.7. The van der Waals surface area contributed by atoms with Gasteiger partial charge < -0.3 is 20.0 Å². The maximum absolute atomic E-state index is 11.9. The highest BCUT2D eigenvalue weighted by Gasteiger charge is 2.25. The summed E-state index contributed by atoms with van der Waals surface area (Å²) in [6.45, 7) is 4.43. The Labute approximate surface area is 178 Å². The molecule has 2 saturated heterocycles. The minimum atomic E-state index is 0.207. The summed E-state index contributed by atoms with van der Waals surface area (Å²) in [6.07, 6.45) is 5.82. The van der Waals surface area contributed by atoms with Gasteiger partial charge in [0.25, 0.3) is 0 Å². The largest absolute Gasteiger partial charge is 0.468 e. The summed E-state index contributed by atoms with van der Waals surface area (Å²) in [6, 6.07) is 12.4. The first-order valence-corrected chi connectivity index (χ1v) is 10.9. The molecule has 2 aromatic rings. The van der Waals surface area contributed by atoms with E-state index in [2.05, 4.69) is 32.7 Å². The predicted molar refractivity (Wildman–Crippen MR) is 118 cm³/mol. The minimum Gasteiger partial charge on any atom is -0.468 e. The zero-order valence-corrected chi connectivity index (χ0v) is 17.6. The molecule has 1 aromatic heterocycles. The summed E-state index contributed by atoms with van der Waals surface area (Å²) in [4.78, 5) is 20.6. The molecule has 0 aliphatic carbocycles. The van der Waals surface area contributed by atoms with Crippen molar-refractivity contribution in [1.29, 1.82) is 0 Å². The number of guanidine groups is 1. The number of likely N-dealkylation sites (tertiary alicyclic amines) is 1. The average Bonchev–Trinajstić information content (AvgIpc) is 3.54. The van der Waals surface area contributed by atoms with Crippen LogP contribution in [0, 0.1) is 0 Å². The van der Waals surface area contributed by atoms with Crippen LogP contribution in [-0.4, -0.2) is 50.0 Å². The van der Waals surface area contributed by atoms with Crippen LogP contribution < -0.4 is 15.5 Å². The molecule has 1 amide bonds. The lowest BCUT2D eigenvalue weighted by Crippen LogP contribution is -2.42. The van der Waals surface area contributed by atoms with Crippen LogP contribution in [0.2, 0.25) is 0 Å². The van der Waals surface area contributed by atoms with Gasteiger partial charge in [-0.15, -0.1) is 0 Å². The van der Waals surface area contributed by atoms with E-state index in [1.807, 2.05) is 29.2 Å². The predicted octanol–water partition coefficient (Wildman–Crippen LogP) is 2.91. The number of anilines is 1. The highest BCUT2D eigenvalue weighted by atomic mass is 16.3. The first kappa shape index (κ1) is 20.5. The smallest absolute Gasteiger partial charge is 0.227 e. The average molecular weight is 410 g/mol. The number of rotatable bonds is 7. The van der Waals surface area contributed by atoms with Gasteiger partial charge in [0, 0.05) is 38.8 Å². The molecular weight excluding hydrogens is 378 g/mol. The quantitative estimate of drug-likeness (QED) is 0.543. The molecule has 160 valence electrons. The first-order valence-electron chi connectivity index (χ1n) is 10.9. The molecule has 0 spiro atoms.